The average molecular weight is 446 g/mol. The third kappa shape index (κ3) is 5.23. The highest BCUT2D eigenvalue weighted by atomic mass is 28.4. The highest BCUT2D eigenvalue weighted by Gasteiger charge is 2.37. The molecular formula is C27H31NO3Si. The summed E-state index contributed by atoms with van der Waals surface area (Å²) < 4.78 is 11.6. The minimum atomic E-state index is -1.92. The zero-order valence-corrected chi connectivity index (χ0v) is 20.8. The first kappa shape index (κ1) is 23.6. The maximum absolute atomic E-state index is 11.9. The van der Waals surface area contributed by atoms with E-state index < -0.39 is 8.32 Å². The Morgan fingerprint density at radius 3 is 2.41 bits per heavy atom. The van der Waals surface area contributed by atoms with Crippen LogP contribution in [0.2, 0.25) is 19.6 Å². The van der Waals surface area contributed by atoms with Gasteiger partial charge in [0, 0.05) is 11.1 Å². The van der Waals surface area contributed by atoms with Crippen molar-refractivity contribution < 1.29 is 14.0 Å². The molecule has 1 aliphatic carbocycles. The van der Waals surface area contributed by atoms with Crippen molar-refractivity contribution in [1.82, 2.24) is 0 Å². The molecule has 2 aromatic carbocycles. The number of hydrogen-bond donors (Lipinski definition) is 0. The zero-order valence-electron chi connectivity index (χ0n) is 19.8. The Kier molecular flexibility index (Phi) is 6.81. The maximum Gasteiger partial charge on any atom is 0.338 e. The van der Waals surface area contributed by atoms with Gasteiger partial charge in [0.05, 0.1) is 29.7 Å². The number of carbonyl (C=O) groups is 1. The van der Waals surface area contributed by atoms with Crippen LogP contribution in [-0.2, 0) is 10.2 Å². The van der Waals surface area contributed by atoms with Crippen LogP contribution in [0.25, 0.3) is 0 Å². The van der Waals surface area contributed by atoms with Crippen molar-refractivity contribution >= 4 is 14.3 Å². The number of nitriles is 1. The summed E-state index contributed by atoms with van der Waals surface area (Å²) in [5, 5.41) is 9.70. The van der Waals surface area contributed by atoms with Gasteiger partial charge in [-0.3, -0.25) is 0 Å². The van der Waals surface area contributed by atoms with Gasteiger partial charge in [-0.25, -0.2) is 4.79 Å². The van der Waals surface area contributed by atoms with Crippen molar-refractivity contribution in [3.05, 3.63) is 64.2 Å². The second kappa shape index (κ2) is 9.23. The highest BCUT2D eigenvalue weighted by molar-refractivity contribution is 6.70. The summed E-state index contributed by atoms with van der Waals surface area (Å²) in [6, 6.07) is 13.6. The molecule has 0 spiro atoms. The van der Waals surface area contributed by atoms with Gasteiger partial charge in [0.1, 0.15) is 5.75 Å². The van der Waals surface area contributed by atoms with E-state index in [0.717, 1.165) is 40.8 Å². The van der Waals surface area contributed by atoms with Gasteiger partial charge in [0.2, 0.25) is 8.32 Å². The van der Waals surface area contributed by atoms with E-state index in [0.29, 0.717) is 12.2 Å². The minimum Gasteiger partial charge on any atom is -0.543 e. The van der Waals surface area contributed by atoms with E-state index in [1.165, 1.54) is 0 Å². The van der Waals surface area contributed by atoms with Crippen molar-refractivity contribution in [3.8, 4) is 23.7 Å². The molecule has 0 saturated heterocycles. The lowest BCUT2D eigenvalue weighted by atomic mass is 9.68. The maximum atomic E-state index is 11.9. The summed E-state index contributed by atoms with van der Waals surface area (Å²) in [6.45, 7) is 13.1. The molecule has 0 radical (unpaired) electrons. The first-order chi connectivity index (χ1) is 15.1. The van der Waals surface area contributed by atoms with Gasteiger partial charge in [-0.2, -0.15) is 5.26 Å². The molecule has 0 amide bonds. The fraction of sp³-hybridized carbons (Fsp3) is 0.407. The Labute approximate surface area is 192 Å². The van der Waals surface area contributed by atoms with Gasteiger partial charge < -0.3 is 9.16 Å². The summed E-state index contributed by atoms with van der Waals surface area (Å²) >= 11 is 0. The van der Waals surface area contributed by atoms with Crippen LogP contribution < -0.4 is 4.43 Å². The van der Waals surface area contributed by atoms with Crippen molar-refractivity contribution in [1.29, 1.82) is 5.26 Å². The summed E-state index contributed by atoms with van der Waals surface area (Å²) in [7, 11) is -1.92. The summed E-state index contributed by atoms with van der Waals surface area (Å²) in [6.07, 6.45) is 1.80. The summed E-state index contributed by atoms with van der Waals surface area (Å²) in [5.41, 5.74) is 4.27. The quantitative estimate of drug-likeness (QED) is 0.321. The second-order valence-electron chi connectivity index (χ2n) is 9.77. The van der Waals surface area contributed by atoms with Crippen LogP contribution in [0, 0.1) is 23.2 Å². The molecule has 0 fully saturated rings. The van der Waals surface area contributed by atoms with Gasteiger partial charge in [0.25, 0.3) is 0 Å². The fourth-order valence-electron chi connectivity index (χ4n) is 4.06. The third-order valence-electron chi connectivity index (χ3n) is 5.60. The number of fused-ring (bicyclic) bond motifs is 1. The lowest BCUT2D eigenvalue weighted by Gasteiger charge is -2.38. The molecule has 0 heterocycles. The SMILES string of the molecule is CCOC(=O)c1ccc(C#Cc2ccc3c(c2O[Si](C)(C)C)C(C)(C)CCC3C#N)cc1. The van der Waals surface area contributed by atoms with E-state index in [1.54, 1.807) is 19.1 Å². The van der Waals surface area contributed by atoms with E-state index in [9.17, 15) is 10.1 Å². The average Bonchev–Trinajstić information content (AvgIpc) is 2.72. The fourth-order valence-corrected chi connectivity index (χ4v) is 4.88. The van der Waals surface area contributed by atoms with E-state index in [2.05, 4.69) is 57.5 Å². The molecule has 2 aromatic rings. The van der Waals surface area contributed by atoms with Crippen LogP contribution in [0.1, 0.15) is 72.1 Å². The van der Waals surface area contributed by atoms with Crippen LogP contribution in [-0.4, -0.2) is 20.9 Å². The number of hydrogen-bond acceptors (Lipinski definition) is 4. The molecule has 1 atom stereocenters. The molecule has 0 saturated carbocycles. The summed E-state index contributed by atoms with van der Waals surface area (Å²) in [5.74, 6) is 6.90. The highest BCUT2D eigenvalue weighted by Crippen LogP contribution is 2.48. The number of nitrogens with zero attached hydrogens (tertiary/aromatic N) is 1. The Bertz CT molecular complexity index is 1110. The van der Waals surface area contributed by atoms with Crippen molar-refractivity contribution in [2.45, 2.75) is 64.6 Å². The first-order valence-corrected chi connectivity index (χ1v) is 14.5. The molecule has 0 N–H and O–H groups in total. The van der Waals surface area contributed by atoms with Crippen LogP contribution in [0.3, 0.4) is 0 Å². The normalized spacial score (nSPS) is 16.7. The molecule has 3 rings (SSSR count). The molecule has 166 valence electrons. The van der Waals surface area contributed by atoms with Gasteiger partial charge in [-0.1, -0.05) is 31.8 Å². The monoisotopic (exact) mass is 445 g/mol. The van der Waals surface area contributed by atoms with Crippen molar-refractivity contribution in [2.75, 3.05) is 6.61 Å². The minimum absolute atomic E-state index is 0.0867. The number of benzene rings is 2. The van der Waals surface area contributed by atoms with Gasteiger partial charge in [0.15, 0.2) is 0 Å². The molecule has 0 bridgehead atoms. The lowest BCUT2D eigenvalue weighted by molar-refractivity contribution is 0.0526. The zero-order chi connectivity index (χ0) is 23.5. The van der Waals surface area contributed by atoms with Crippen molar-refractivity contribution in [2.24, 2.45) is 0 Å². The second-order valence-corrected chi connectivity index (χ2v) is 14.2. The van der Waals surface area contributed by atoms with Crippen LogP contribution in [0.4, 0.5) is 0 Å². The third-order valence-corrected chi connectivity index (χ3v) is 6.42. The first-order valence-electron chi connectivity index (χ1n) is 11.1. The number of esters is 1. The predicted molar refractivity (Wildman–Crippen MR) is 129 cm³/mol. The van der Waals surface area contributed by atoms with Gasteiger partial charge in [-0.15, -0.1) is 0 Å². The number of rotatable bonds is 4. The topological polar surface area (TPSA) is 59.3 Å². The Balaban J connectivity index is 2.07. The van der Waals surface area contributed by atoms with Crippen LogP contribution >= 0.6 is 0 Å². The number of ether oxygens (including phenoxy) is 1. The van der Waals surface area contributed by atoms with E-state index >= 15 is 0 Å². The molecule has 5 heteroatoms. The Morgan fingerprint density at radius 2 is 1.81 bits per heavy atom. The summed E-state index contributed by atoms with van der Waals surface area (Å²) in [4.78, 5) is 11.9. The van der Waals surface area contributed by atoms with E-state index in [-0.39, 0.29) is 17.3 Å². The van der Waals surface area contributed by atoms with E-state index in [4.69, 9.17) is 9.16 Å². The molecule has 1 aliphatic rings. The molecule has 4 nitrogen and oxygen atoms in total. The van der Waals surface area contributed by atoms with Gasteiger partial charge in [-0.05, 0) is 80.7 Å². The van der Waals surface area contributed by atoms with E-state index in [1.807, 2.05) is 18.2 Å². The van der Waals surface area contributed by atoms with Crippen LogP contribution in [0.15, 0.2) is 36.4 Å². The predicted octanol–water partition coefficient (Wildman–Crippen LogP) is 6.16. The largest absolute Gasteiger partial charge is 0.543 e. The molecule has 32 heavy (non-hydrogen) atoms. The molecule has 0 aromatic heterocycles. The smallest absolute Gasteiger partial charge is 0.338 e. The molecule has 0 aliphatic heterocycles. The van der Waals surface area contributed by atoms with Gasteiger partial charge >= 0.3 is 5.97 Å². The lowest BCUT2D eigenvalue weighted by Crippen LogP contribution is -2.33. The van der Waals surface area contributed by atoms with Crippen LogP contribution in [0.5, 0.6) is 5.75 Å². The Morgan fingerprint density at radius 1 is 1.12 bits per heavy atom. The standard InChI is InChI=1S/C27H31NO3Si/c1-7-30-26(29)21-12-9-19(10-13-21)8-11-20-14-15-23-22(18-28)16-17-27(2,3)24(23)25(20)31-32(4,5)6/h9-10,12-15,22H,7,16-17H2,1-6H3. The number of carbonyl (C=O) groups excluding carboxylic acids is 1. The Hall–Kier alpha value is -3.02. The van der Waals surface area contributed by atoms with Crippen molar-refractivity contribution in [3.63, 3.8) is 0 Å². The molecule has 1 unspecified atom stereocenters. The molecular weight excluding hydrogens is 414 g/mol.